The molecule has 0 N–H and O–H groups in total. The van der Waals surface area contributed by atoms with Gasteiger partial charge < -0.3 is 9.47 Å². The topological polar surface area (TPSA) is 52.6 Å². The van der Waals surface area contributed by atoms with Crippen molar-refractivity contribution in [2.24, 2.45) is 11.3 Å². The molecule has 0 aliphatic heterocycles. The van der Waals surface area contributed by atoms with Gasteiger partial charge in [0.1, 0.15) is 0 Å². The van der Waals surface area contributed by atoms with E-state index in [-0.39, 0.29) is 12.3 Å². The van der Waals surface area contributed by atoms with Crippen LogP contribution in [0, 0.1) is 11.3 Å². The number of hydrogen-bond donors (Lipinski definition) is 0. The molecule has 0 aromatic carbocycles. The van der Waals surface area contributed by atoms with Gasteiger partial charge in [-0.25, -0.2) is 0 Å². The minimum absolute atomic E-state index is 0.160. The summed E-state index contributed by atoms with van der Waals surface area (Å²) in [5.41, 5.74) is -0.0576. The van der Waals surface area contributed by atoms with Crippen LogP contribution in [0.2, 0.25) is 0 Å². The van der Waals surface area contributed by atoms with Crippen LogP contribution in [0.1, 0.15) is 20.3 Å². The van der Waals surface area contributed by atoms with E-state index < -0.39 is 17.4 Å². The number of carbonyl (C=O) groups is 2. The zero-order valence-electron chi connectivity index (χ0n) is 9.95. The number of carbonyl (C=O) groups excluding carboxylic acids is 2. The van der Waals surface area contributed by atoms with E-state index in [1.165, 1.54) is 25.8 Å². The van der Waals surface area contributed by atoms with Gasteiger partial charge in [-0.15, -0.1) is 0 Å². The molecular formula is C11H17ClO4. The molecule has 0 saturated heterocycles. The lowest BCUT2D eigenvalue weighted by Crippen LogP contribution is -2.45. The second-order valence-corrected chi connectivity index (χ2v) is 3.93. The Labute approximate surface area is 101 Å². The lowest BCUT2D eigenvalue weighted by Gasteiger charge is -2.30. The second kappa shape index (κ2) is 6.53. The van der Waals surface area contributed by atoms with Crippen LogP contribution in [-0.2, 0) is 19.1 Å². The number of rotatable bonds is 5. The zero-order chi connectivity index (χ0) is 12.8. The highest BCUT2D eigenvalue weighted by molar-refractivity contribution is 6.25. The third-order valence-electron chi connectivity index (χ3n) is 2.61. The van der Waals surface area contributed by atoms with E-state index in [1.807, 2.05) is 0 Å². The summed E-state index contributed by atoms with van der Waals surface area (Å²) in [4.78, 5) is 23.6. The highest BCUT2D eigenvalue weighted by Crippen LogP contribution is 2.35. The van der Waals surface area contributed by atoms with Crippen molar-refractivity contribution >= 4 is 23.5 Å². The lowest BCUT2D eigenvalue weighted by molar-refractivity contribution is -0.172. The minimum Gasteiger partial charge on any atom is -0.468 e. The van der Waals surface area contributed by atoms with Gasteiger partial charge in [-0.3, -0.25) is 9.59 Å². The van der Waals surface area contributed by atoms with E-state index in [2.05, 4.69) is 9.47 Å². The molecule has 0 spiro atoms. The first-order valence-corrected chi connectivity index (χ1v) is 5.33. The Hall–Kier alpha value is -1.03. The van der Waals surface area contributed by atoms with E-state index in [4.69, 9.17) is 11.6 Å². The number of hydrogen-bond acceptors (Lipinski definition) is 4. The van der Waals surface area contributed by atoms with Gasteiger partial charge in [-0.1, -0.05) is 31.5 Å². The van der Waals surface area contributed by atoms with Crippen molar-refractivity contribution < 1.29 is 19.1 Å². The van der Waals surface area contributed by atoms with Crippen LogP contribution >= 0.6 is 11.6 Å². The summed E-state index contributed by atoms with van der Waals surface area (Å²) in [7, 11) is 2.49. The van der Waals surface area contributed by atoms with Crippen molar-refractivity contribution in [3.63, 3.8) is 0 Å². The average molecular weight is 249 g/mol. The molecule has 0 radical (unpaired) electrons. The van der Waals surface area contributed by atoms with E-state index in [9.17, 15) is 9.59 Å². The molecule has 0 atom stereocenters. The van der Waals surface area contributed by atoms with E-state index in [1.54, 1.807) is 13.8 Å². The molecule has 0 heterocycles. The van der Waals surface area contributed by atoms with Crippen LogP contribution in [0.25, 0.3) is 0 Å². The highest BCUT2D eigenvalue weighted by Gasteiger charge is 2.50. The molecule has 0 aromatic rings. The van der Waals surface area contributed by atoms with Crippen LogP contribution < -0.4 is 0 Å². The van der Waals surface area contributed by atoms with E-state index in [0.717, 1.165) is 0 Å². The van der Waals surface area contributed by atoms with Crippen LogP contribution in [0.5, 0.6) is 0 Å². The Kier molecular flexibility index (Phi) is 6.11. The molecule has 0 aliphatic carbocycles. The lowest BCUT2D eigenvalue weighted by atomic mass is 9.74. The highest BCUT2D eigenvalue weighted by atomic mass is 35.5. The number of esters is 2. The molecule has 0 saturated carbocycles. The van der Waals surface area contributed by atoms with E-state index >= 15 is 0 Å². The summed E-state index contributed by atoms with van der Waals surface area (Å²) in [5, 5.41) is 0. The van der Waals surface area contributed by atoms with Crippen molar-refractivity contribution in [1.29, 1.82) is 0 Å². The van der Waals surface area contributed by atoms with Crippen molar-refractivity contribution in [2.45, 2.75) is 20.3 Å². The maximum atomic E-state index is 11.8. The number of allylic oxidation sites excluding steroid dienone is 1. The monoisotopic (exact) mass is 248 g/mol. The molecule has 0 unspecified atom stereocenters. The largest absolute Gasteiger partial charge is 0.468 e. The molecule has 0 aromatic heterocycles. The van der Waals surface area contributed by atoms with Gasteiger partial charge in [0.15, 0.2) is 5.41 Å². The standard InChI is InChI=1S/C11H17ClO4/c1-8(2)11(6-5-7-12,9(13)15-3)10(14)16-4/h5,7-8H,6H2,1-4H3/b7-5+. The fourth-order valence-corrected chi connectivity index (χ4v) is 1.64. The summed E-state index contributed by atoms with van der Waals surface area (Å²) >= 11 is 5.42. The molecule has 0 amide bonds. The maximum Gasteiger partial charge on any atom is 0.323 e. The average Bonchev–Trinajstić information content (AvgIpc) is 2.28. The molecular weight excluding hydrogens is 232 g/mol. The second-order valence-electron chi connectivity index (χ2n) is 3.68. The normalized spacial score (nSPS) is 11.9. The first kappa shape index (κ1) is 15.0. The number of ether oxygens (including phenoxy) is 2. The minimum atomic E-state index is -1.32. The van der Waals surface area contributed by atoms with Crippen molar-refractivity contribution in [3.8, 4) is 0 Å². The Balaban J connectivity index is 5.38. The molecule has 0 aliphatic rings. The fraction of sp³-hybridized carbons (Fsp3) is 0.636. The molecule has 5 heteroatoms. The fourth-order valence-electron chi connectivity index (χ4n) is 1.55. The smallest absolute Gasteiger partial charge is 0.323 e. The van der Waals surface area contributed by atoms with Crippen LogP contribution in [0.4, 0.5) is 0 Å². The predicted molar refractivity (Wildman–Crippen MR) is 60.9 cm³/mol. The van der Waals surface area contributed by atoms with Gasteiger partial charge in [0.2, 0.25) is 0 Å². The summed E-state index contributed by atoms with van der Waals surface area (Å²) in [5.74, 6) is -1.46. The molecule has 0 rings (SSSR count). The molecule has 0 fully saturated rings. The van der Waals surface area contributed by atoms with Crippen LogP contribution in [0.3, 0.4) is 0 Å². The third kappa shape index (κ3) is 2.76. The molecule has 92 valence electrons. The SMILES string of the molecule is COC(=O)C(C/C=C/Cl)(C(=O)OC)C(C)C. The van der Waals surface area contributed by atoms with Crippen LogP contribution in [-0.4, -0.2) is 26.2 Å². The first-order chi connectivity index (χ1) is 7.47. The summed E-state index contributed by atoms with van der Waals surface area (Å²) in [6, 6.07) is 0. The molecule has 16 heavy (non-hydrogen) atoms. The first-order valence-electron chi connectivity index (χ1n) is 4.89. The van der Waals surface area contributed by atoms with Crippen molar-refractivity contribution in [1.82, 2.24) is 0 Å². The van der Waals surface area contributed by atoms with E-state index in [0.29, 0.717) is 0 Å². The number of methoxy groups -OCH3 is 2. The zero-order valence-corrected chi connectivity index (χ0v) is 10.7. The van der Waals surface area contributed by atoms with Crippen molar-refractivity contribution in [2.75, 3.05) is 14.2 Å². The predicted octanol–water partition coefficient (Wildman–Crippen LogP) is 2.12. The van der Waals surface area contributed by atoms with Gasteiger partial charge in [-0.2, -0.15) is 0 Å². The van der Waals surface area contributed by atoms with Gasteiger partial charge in [-0.05, 0) is 12.3 Å². The Bertz CT molecular complexity index is 268. The van der Waals surface area contributed by atoms with Gasteiger partial charge in [0.05, 0.1) is 14.2 Å². The Morgan fingerprint density at radius 1 is 1.25 bits per heavy atom. The summed E-state index contributed by atoms with van der Waals surface area (Å²) < 4.78 is 9.36. The third-order valence-corrected chi connectivity index (χ3v) is 2.79. The van der Waals surface area contributed by atoms with Gasteiger partial charge >= 0.3 is 11.9 Å². The quantitative estimate of drug-likeness (QED) is 0.552. The number of halogens is 1. The molecule has 0 bridgehead atoms. The molecule has 4 nitrogen and oxygen atoms in total. The van der Waals surface area contributed by atoms with Gasteiger partial charge in [0.25, 0.3) is 0 Å². The Morgan fingerprint density at radius 3 is 1.94 bits per heavy atom. The summed E-state index contributed by atoms with van der Waals surface area (Å²) in [6.07, 6.45) is 1.70. The summed E-state index contributed by atoms with van der Waals surface area (Å²) in [6.45, 7) is 3.52. The Morgan fingerprint density at radius 2 is 1.69 bits per heavy atom. The maximum absolute atomic E-state index is 11.8. The van der Waals surface area contributed by atoms with Crippen LogP contribution in [0.15, 0.2) is 11.6 Å². The van der Waals surface area contributed by atoms with Crippen molar-refractivity contribution in [3.05, 3.63) is 11.6 Å². The van der Waals surface area contributed by atoms with Gasteiger partial charge in [0, 0.05) is 5.54 Å².